The van der Waals surface area contributed by atoms with Crippen molar-refractivity contribution < 1.29 is 4.79 Å². The maximum Gasteiger partial charge on any atom is 0.247 e. The zero-order chi connectivity index (χ0) is 19.0. The molecule has 1 unspecified atom stereocenters. The molecule has 1 amide bonds. The van der Waals surface area contributed by atoms with Gasteiger partial charge in [-0.05, 0) is 43.6 Å². The molecule has 1 aliphatic carbocycles. The van der Waals surface area contributed by atoms with Crippen molar-refractivity contribution >= 4 is 39.6 Å². The van der Waals surface area contributed by atoms with Crippen molar-refractivity contribution in [2.45, 2.75) is 52.0 Å². The predicted octanol–water partition coefficient (Wildman–Crippen LogP) is 3.81. The van der Waals surface area contributed by atoms with Crippen molar-refractivity contribution in [2.24, 2.45) is 5.92 Å². The number of carbonyl (C=O) groups is 1. The molecule has 4 rings (SSSR count). The summed E-state index contributed by atoms with van der Waals surface area (Å²) in [5.41, 5.74) is 2.41. The van der Waals surface area contributed by atoms with Crippen LogP contribution >= 0.6 is 11.3 Å². The molecule has 0 aromatic carbocycles. The molecular formula is C19H22N6OS. The average molecular weight is 382 g/mol. The Kier molecular flexibility index (Phi) is 4.70. The highest BCUT2D eigenvalue weighted by Gasteiger charge is 2.30. The van der Waals surface area contributed by atoms with Gasteiger partial charge in [-0.25, -0.2) is 9.97 Å². The number of nitrogens with zero attached hydrogens (tertiary/aromatic N) is 3. The van der Waals surface area contributed by atoms with Gasteiger partial charge in [0.25, 0.3) is 0 Å². The van der Waals surface area contributed by atoms with Gasteiger partial charge in [0.15, 0.2) is 11.6 Å². The highest BCUT2D eigenvalue weighted by molar-refractivity contribution is 7.16. The fraction of sp³-hybridized carbons (Fsp3) is 0.474. The summed E-state index contributed by atoms with van der Waals surface area (Å²) >= 11 is 1.61. The lowest BCUT2D eigenvalue weighted by atomic mass is 9.96. The summed E-state index contributed by atoms with van der Waals surface area (Å²) in [5, 5.41) is 19.9. The number of carbonyl (C=O) groups excluding carboxylic acids is 1. The van der Waals surface area contributed by atoms with E-state index in [0.29, 0.717) is 28.8 Å². The number of nitriles is 1. The van der Waals surface area contributed by atoms with Gasteiger partial charge in [-0.1, -0.05) is 13.8 Å². The molecule has 0 bridgehead atoms. The summed E-state index contributed by atoms with van der Waals surface area (Å²) in [6.45, 7) is 4.17. The van der Waals surface area contributed by atoms with Crippen LogP contribution in [0.4, 0.5) is 22.3 Å². The third-order valence-electron chi connectivity index (χ3n) is 4.95. The van der Waals surface area contributed by atoms with Gasteiger partial charge in [0.2, 0.25) is 5.91 Å². The van der Waals surface area contributed by atoms with Crippen LogP contribution in [-0.4, -0.2) is 21.9 Å². The zero-order valence-electron chi connectivity index (χ0n) is 15.4. The first-order valence-electron chi connectivity index (χ1n) is 9.31. The van der Waals surface area contributed by atoms with E-state index in [1.54, 1.807) is 11.3 Å². The Morgan fingerprint density at radius 3 is 2.96 bits per heavy atom. The Morgan fingerprint density at radius 2 is 2.19 bits per heavy atom. The lowest BCUT2D eigenvalue weighted by molar-refractivity contribution is -0.117. The number of thiophene rings is 1. The maximum absolute atomic E-state index is 12.5. The number of rotatable bonds is 4. The van der Waals surface area contributed by atoms with E-state index in [0.717, 1.165) is 37.1 Å². The van der Waals surface area contributed by atoms with E-state index >= 15 is 0 Å². The van der Waals surface area contributed by atoms with Gasteiger partial charge in [0.05, 0.1) is 5.56 Å². The number of aryl methyl sites for hydroxylation is 1. The smallest absolute Gasteiger partial charge is 0.247 e. The second-order valence-corrected chi connectivity index (χ2v) is 8.52. The van der Waals surface area contributed by atoms with E-state index < -0.39 is 0 Å². The van der Waals surface area contributed by atoms with Crippen LogP contribution in [0.2, 0.25) is 0 Å². The van der Waals surface area contributed by atoms with Crippen LogP contribution in [-0.2, 0) is 17.6 Å². The summed E-state index contributed by atoms with van der Waals surface area (Å²) in [6.07, 6.45) is 6.46. The summed E-state index contributed by atoms with van der Waals surface area (Å²) in [5.74, 6) is 1.43. The molecule has 2 aliphatic rings. The number of hydrogen-bond acceptors (Lipinski definition) is 7. The molecule has 2 aromatic rings. The third kappa shape index (κ3) is 3.35. The van der Waals surface area contributed by atoms with Gasteiger partial charge in [0.1, 0.15) is 29.1 Å². The molecular weight excluding hydrogens is 360 g/mol. The number of fused-ring (bicyclic) bond motifs is 2. The number of nitrogens with one attached hydrogen (secondary N) is 3. The molecule has 0 spiro atoms. The lowest BCUT2D eigenvalue weighted by Crippen LogP contribution is -2.40. The van der Waals surface area contributed by atoms with Crippen LogP contribution in [0, 0.1) is 17.2 Å². The number of anilines is 4. The monoisotopic (exact) mass is 382 g/mol. The molecule has 0 saturated heterocycles. The molecule has 1 atom stereocenters. The molecule has 8 heteroatoms. The molecule has 0 fully saturated rings. The third-order valence-corrected chi connectivity index (χ3v) is 6.15. The number of aromatic nitrogens is 2. The van der Waals surface area contributed by atoms with E-state index in [1.807, 2.05) is 0 Å². The van der Waals surface area contributed by atoms with Crippen LogP contribution in [0.15, 0.2) is 6.33 Å². The van der Waals surface area contributed by atoms with Gasteiger partial charge in [-0.2, -0.15) is 5.26 Å². The Balaban J connectivity index is 1.65. The fourth-order valence-corrected chi connectivity index (χ4v) is 4.90. The number of hydrogen-bond donors (Lipinski definition) is 3. The first-order chi connectivity index (χ1) is 13.1. The van der Waals surface area contributed by atoms with Crippen molar-refractivity contribution in [2.75, 3.05) is 16.0 Å². The van der Waals surface area contributed by atoms with Gasteiger partial charge in [-0.15, -0.1) is 11.3 Å². The van der Waals surface area contributed by atoms with E-state index in [2.05, 4.69) is 45.8 Å². The molecule has 1 aliphatic heterocycles. The SMILES string of the molecule is CC(C)CC1Nc2ncnc(Nc3sc4c(c3C#N)CCCC4)c2NC1=O. The van der Waals surface area contributed by atoms with Crippen LogP contribution in [0.25, 0.3) is 0 Å². The molecule has 2 aromatic heterocycles. The largest absolute Gasteiger partial charge is 0.356 e. The minimum absolute atomic E-state index is 0.0833. The van der Waals surface area contributed by atoms with Crippen molar-refractivity contribution in [3.05, 3.63) is 22.3 Å². The Bertz CT molecular complexity index is 929. The second kappa shape index (κ2) is 7.16. The van der Waals surface area contributed by atoms with Crippen LogP contribution in [0.5, 0.6) is 0 Å². The summed E-state index contributed by atoms with van der Waals surface area (Å²) in [6, 6.07) is 2.04. The summed E-state index contributed by atoms with van der Waals surface area (Å²) in [4.78, 5) is 22.3. The van der Waals surface area contributed by atoms with Crippen LogP contribution in [0.3, 0.4) is 0 Å². The van der Waals surface area contributed by atoms with Gasteiger partial charge >= 0.3 is 0 Å². The van der Waals surface area contributed by atoms with Crippen molar-refractivity contribution in [1.29, 1.82) is 5.26 Å². The predicted molar refractivity (Wildman–Crippen MR) is 106 cm³/mol. The maximum atomic E-state index is 12.5. The van der Waals surface area contributed by atoms with Crippen molar-refractivity contribution in [1.82, 2.24) is 9.97 Å². The average Bonchev–Trinajstić information content (AvgIpc) is 2.99. The fourth-order valence-electron chi connectivity index (χ4n) is 3.67. The molecule has 0 radical (unpaired) electrons. The normalized spacial score (nSPS) is 18.1. The molecule has 3 N–H and O–H groups in total. The van der Waals surface area contributed by atoms with Crippen LogP contribution in [0.1, 0.15) is 49.1 Å². The van der Waals surface area contributed by atoms with Crippen LogP contribution < -0.4 is 16.0 Å². The van der Waals surface area contributed by atoms with Crippen molar-refractivity contribution in [3.8, 4) is 6.07 Å². The first-order valence-corrected chi connectivity index (χ1v) is 10.1. The second-order valence-electron chi connectivity index (χ2n) is 7.41. The van der Waals surface area contributed by atoms with E-state index in [4.69, 9.17) is 0 Å². The summed E-state index contributed by atoms with van der Waals surface area (Å²) in [7, 11) is 0. The Morgan fingerprint density at radius 1 is 1.37 bits per heavy atom. The molecule has 7 nitrogen and oxygen atoms in total. The Hall–Kier alpha value is -2.66. The van der Waals surface area contributed by atoms with E-state index in [1.165, 1.54) is 16.8 Å². The zero-order valence-corrected chi connectivity index (χ0v) is 16.2. The minimum atomic E-state index is -0.302. The number of amides is 1. The Labute approximate surface area is 162 Å². The summed E-state index contributed by atoms with van der Waals surface area (Å²) < 4.78 is 0. The topological polar surface area (TPSA) is 103 Å². The first kappa shape index (κ1) is 17.7. The molecule has 140 valence electrons. The van der Waals surface area contributed by atoms with Gasteiger partial charge in [0, 0.05) is 4.88 Å². The van der Waals surface area contributed by atoms with Crippen molar-refractivity contribution in [3.63, 3.8) is 0 Å². The lowest BCUT2D eigenvalue weighted by Gasteiger charge is -2.27. The highest BCUT2D eigenvalue weighted by Crippen LogP contribution is 2.41. The van der Waals surface area contributed by atoms with Gasteiger partial charge in [-0.3, -0.25) is 4.79 Å². The minimum Gasteiger partial charge on any atom is -0.356 e. The highest BCUT2D eigenvalue weighted by atomic mass is 32.1. The molecule has 27 heavy (non-hydrogen) atoms. The van der Waals surface area contributed by atoms with E-state index in [9.17, 15) is 10.1 Å². The molecule has 3 heterocycles. The molecule has 0 saturated carbocycles. The van der Waals surface area contributed by atoms with E-state index in [-0.39, 0.29) is 11.9 Å². The standard InChI is InChI=1S/C19H22N6OS/c1-10(2)7-13-18(26)24-15-16(23-13)21-9-22-17(15)25-19-12(8-20)11-5-3-4-6-14(11)27-19/h9-10,13H,3-7H2,1-2H3,(H,24,26)(H2,21,22,23,25). The van der Waals surface area contributed by atoms with Gasteiger partial charge < -0.3 is 16.0 Å². The quantitative estimate of drug-likeness (QED) is 0.743.